The van der Waals surface area contributed by atoms with E-state index in [2.05, 4.69) is 23.8 Å². The minimum atomic E-state index is 0.257. The van der Waals surface area contributed by atoms with Gasteiger partial charge in [0.05, 0.1) is 12.2 Å². The Morgan fingerprint density at radius 1 is 1.60 bits per heavy atom. The number of likely N-dealkylation sites (N-methyl/N-ethyl adjacent to an activating group) is 1. The van der Waals surface area contributed by atoms with E-state index in [0.29, 0.717) is 6.04 Å². The maximum atomic E-state index is 6.18. The van der Waals surface area contributed by atoms with Gasteiger partial charge in [0.25, 0.3) is 0 Å². The van der Waals surface area contributed by atoms with E-state index < -0.39 is 0 Å². The quantitative estimate of drug-likeness (QED) is 0.783. The fourth-order valence-corrected chi connectivity index (χ4v) is 2.47. The second kappa shape index (κ2) is 3.94. The highest BCUT2D eigenvalue weighted by molar-refractivity contribution is 5.23. The number of nitrogens with zero attached hydrogens (tertiary/aromatic N) is 3. The van der Waals surface area contributed by atoms with E-state index in [9.17, 15) is 0 Å². The molecule has 1 aliphatic rings. The maximum absolute atomic E-state index is 6.18. The lowest BCUT2D eigenvalue weighted by Crippen LogP contribution is -2.32. The average molecular weight is 208 g/mol. The van der Waals surface area contributed by atoms with Gasteiger partial charge in [0.15, 0.2) is 0 Å². The number of aromatic nitrogens is 2. The average Bonchev–Trinajstić information content (AvgIpc) is 2.73. The predicted octanol–water partition coefficient (Wildman–Crippen LogP) is 0.823. The highest BCUT2D eigenvalue weighted by atomic mass is 15.3. The number of hydrogen-bond acceptors (Lipinski definition) is 3. The molecule has 0 aromatic carbocycles. The molecule has 1 saturated heterocycles. The van der Waals surface area contributed by atoms with Gasteiger partial charge < -0.3 is 5.73 Å². The largest absolute Gasteiger partial charge is 0.326 e. The Balaban J connectivity index is 2.32. The molecule has 0 saturated carbocycles. The molecular weight excluding hydrogens is 188 g/mol. The van der Waals surface area contributed by atoms with Crippen LogP contribution in [0.3, 0.4) is 0 Å². The van der Waals surface area contributed by atoms with Crippen LogP contribution in [0, 0.1) is 6.92 Å². The van der Waals surface area contributed by atoms with E-state index >= 15 is 0 Å². The summed E-state index contributed by atoms with van der Waals surface area (Å²) in [6, 6.07) is 0.622. The summed E-state index contributed by atoms with van der Waals surface area (Å²) in [6.07, 6.45) is 3.06. The summed E-state index contributed by atoms with van der Waals surface area (Å²) in [4.78, 5) is 2.44. The highest BCUT2D eigenvalue weighted by Gasteiger charge is 2.33. The van der Waals surface area contributed by atoms with Crippen LogP contribution in [0.2, 0.25) is 0 Å². The van der Waals surface area contributed by atoms with Gasteiger partial charge >= 0.3 is 0 Å². The molecule has 2 rings (SSSR count). The van der Waals surface area contributed by atoms with Gasteiger partial charge in [0.1, 0.15) is 0 Å². The Morgan fingerprint density at radius 3 is 2.87 bits per heavy atom. The third kappa shape index (κ3) is 1.68. The molecule has 15 heavy (non-hydrogen) atoms. The molecular formula is C11H20N4. The molecule has 0 radical (unpaired) electrons. The first-order chi connectivity index (χ1) is 7.15. The summed E-state index contributed by atoms with van der Waals surface area (Å²) in [6.45, 7) is 6.47. The molecule has 0 spiro atoms. The summed E-state index contributed by atoms with van der Waals surface area (Å²) < 4.78 is 1.92. The van der Waals surface area contributed by atoms with Crippen LogP contribution in [-0.4, -0.2) is 33.8 Å². The Bertz CT molecular complexity index is 344. The number of likely N-dealkylation sites (tertiary alicyclic amines) is 1. The number of aryl methyl sites for hydroxylation is 1. The minimum Gasteiger partial charge on any atom is -0.326 e. The maximum Gasteiger partial charge on any atom is 0.0541 e. The van der Waals surface area contributed by atoms with E-state index in [1.807, 2.05) is 17.9 Å². The molecule has 2 N–H and O–H groups in total. The molecule has 4 heteroatoms. The monoisotopic (exact) mass is 208 g/mol. The molecule has 1 aromatic heterocycles. The van der Waals surface area contributed by atoms with Gasteiger partial charge in [-0.25, -0.2) is 0 Å². The SMILES string of the molecule is CCN1CCC(N)C1c1cnn(C)c1C. The van der Waals surface area contributed by atoms with Gasteiger partial charge in [-0.05, 0) is 19.9 Å². The zero-order valence-corrected chi connectivity index (χ0v) is 9.77. The normalized spacial score (nSPS) is 27.5. The topological polar surface area (TPSA) is 47.1 Å². The van der Waals surface area contributed by atoms with Gasteiger partial charge in [-0.3, -0.25) is 9.58 Å². The van der Waals surface area contributed by atoms with Crippen LogP contribution >= 0.6 is 0 Å². The van der Waals surface area contributed by atoms with Gasteiger partial charge in [0.2, 0.25) is 0 Å². The van der Waals surface area contributed by atoms with E-state index in [1.54, 1.807) is 0 Å². The van der Waals surface area contributed by atoms with Crippen LogP contribution < -0.4 is 5.73 Å². The first-order valence-electron chi connectivity index (χ1n) is 5.63. The molecule has 0 aliphatic carbocycles. The van der Waals surface area contributed by atoms with E-state index in [1.165, 1.54) is 11.3 Å². The molecule has 1 aliphatic heterocycles. The molecule has 2 heterocycles. The van der Waals surface area contributed by atoms with Crippen molar-refractivity contribution in [1.82, 2.24) is 14.7 Å². The molecule has 1 aromatic rings. The molecule has 0 amide bonds. The first kappa shape index (κ1) is 10.6. The molecule has 0 bridgehead atoms. The molecule has 1 fully saturated rings. The van der Waals surface area contributed by atoms with Crippen LogP contribution in [0.1, 0.15) is 30.6 Å². The van der Waals surface area contributed by atoms with Crippen molar-refractivity contribution in [3.05, 3.63) is 17.5 Å². The van der Waals surface area contributed by atoms with Crippen molar-refractivity contribution in [2.45, 2.75) is 32.4 Å². The van der Waals surface area contributed by atoms with E-state index in [4.69, 9.17) is 5.73 Å². The Kier molecular flexibility index (Phi) is 2.80. The van der Waals surface area contributed by atoms with Crippen molar-refractivity contribution >= 4 is 0 Å². The summed E-state index contributed by atoms with van der Waals surface area (Å²) >= 11 is 0. The highest BCUT2D eigenvalue weighted by Crippen LogP contribution is 2.32. The van der Waals surface area contributed by atoms with Crippen LogP contribution in [0.25, 0.3) is 0 Å². The summed E-state index contributed by atoms with van der Waals surface area (Å²) in [5.41, 5.74) is 8.70. The number of hydrogen-bond donors (Lipinski definition) is 1. The number of nitrogens with two attached hydrogens (primary N) is 1. The van der Waals surface area contributed by atoms with E-state index in [-0.39, 0.29) is 6.04 Å². The lowest BCUT2D eigenvalue weighted by molar-refractivity contribution is 0.260. The molecule has 2 unspecified atom stereocenters. The lowest BCUT2D eigenvalue weighted by Gasteiger charge is -2.25. The van der Waals surface area contributed by atoms with Crippen molar-refractivity contribution in [2.24, 2.45) is 12.8 Å². The third-order valence-corrected chi connectivity index (χ3v) is 3.55. The second-order valence-corrected chi connectivity index (χ2v) is 4.33. The van der Waals surface area contributed by atoms with Gasteiger partial charge in [0, 0.05) is 30.9 Å². The van der Waals surface area contributed by atoms with E-state index in [0.717, 1.165) is 19.5 Å². The zero-order valence-electron chi connectivity index (χ0n) is 9.77. The van der Waals surface area contributed by atoms with Crippen molar-refractivity contribution in [1.29, 1.82) is 0 Å². The molecule has 4 nitrogen and oxygen atoms in total. The number of rotatable bonds is 2. The van der Waals surface area contributed by atoms with Crippen LogP contribution in [0.15, 0.2) is 6.20 Å². The summed E-state index contributed by atoms with van der Waals surface area (Å²) in [5, 5.41) is 4.30. The fourth-order valence-electron chi connectivity index (χ4n) is 2.47. The minimum absolute atomic E-state index is 0.257. The summed E-state index contributed by atoms with van der Waals surface area (Å²) in [7, 11) is 1.98. The smallest absolute Gasteiger partial charge is 0.0541 e. The third-order valence-electron chi connectivity index (χ3n) is 3.55. The van der Waals surface area contributed by atoms with Gasteiger partial charge in [-0.2, -0.15) is 5.10 Å². The van der Waals surface area contributed by atoms with Crippen LogP contribution in [0.5, 0.6) is 0 Å². The van der Waals surface area contributed by atoms with Crippen molar-refractivity contribution < 1.29 is 0 Å². The zero-order chi connectivity index (χ0) is 11.0. The van der Waals surface area contributed by atoms with Gasteiger partial charge in [-0.1, -0.05) is 6.92 Å². The van der Waals surface area contributed by atoms with Crippen molar-refractivity contribution in [3.63, 3.8) is 0 Å². The first-order valence-corrected chi connectivity index (χ1v) is 5.63. The second-order valence-electron chi connectivity index (χ2n) is 4.33. The standard InChI is InChI=1S/C11H20N4/c1-4-15-6-5-10(12)11(15)9-7-13-14(3)8(9)2/h7,10-11H,4-6,12H2,1-3H3. The van der Waals surface area contributed by atoms with Crippen LogP contribution in [-0.2, 0) is 7.05 Å². The van der Waals surface area contributed by atoms with Crippen molar-refractivity contribution in [2.75, 3.05) is 13.1 Å². The summed E-state index contributed by atoms with van der Waals surface area (Å²) in [5.74, 6) is 0. The Morgan fingerprint density at radius 2 is 2.33 bits per heavy atom. The Labute approximate surface area is 91.1 Å². The fraction of sp³-hybridized carbons (Fsp3) is 0.727. The Hall–Kier alpha value is -0.870. The molecule has 84 valence electrons. The van der Waals surface area contributed by atoms with Crippen LogP contribution in [0.4, 0.5) is 0 Å². The lowest BCUT2D eigenvalue weighted by atomic mass is 10.0. The molecule has 2 atom stereocenters. The predicted molar refractivity (Wildman–Crippen MR) is 60.5 cm³/mol. The van der Waals surface area contributed by atoms with Crippen molar-refractivity contribution in [3.8, 4) is 0 Å². The van der Waals surface area contributed by atoms with Gasteiger partial charge in [-0.15, -0.1) is 0 Å².